The van der Waals surface area contributed by atoms with Crippen molar-refractivity contribution in [3.8, 4) is 0 Å². The number of nitrogens with one attached hydrogen (secondary N) is 1. The molecule has 0 saturated carbocycles. The summed E-state index contributed by atoms with van der Waals surface area (Å²) in [7, 11) is 0. The summed E-state index contributed by atoms with van der Waals surface area (Å²) in [5.41, 5.74) is 0.949. The van der Waals surface area contributed by atoms with Gasteiger partial charge in [-0.3, -0.25) is 4.79 Å². The average molecular weight is 349 g/mol. The molecule has 0 fully saturated rings. The molecule has 2 atom stereocenters. The summed E-state index contributed by atoms with van der Waals surface area (Å²) in [5.74, 6) is -3.69. The molecular formula is C21H19NO4. The Morgan fingerprint density at radius 2 is 1.65 bits per heavy atom. The number of hydrogen-bond acceptors (Lipinski definition) is 5. The smallest absolute Gasteiger partial charge is 0.335 e. The van der Waals surface area contributed by atoms with E-state index in [1.807, 2.05) is 6.07 Å². The minimum Gasteiger partial charge on any atom is -0.423 e. The third-order valence-corrected chi connectivity index (χ3v) is 3.99. The second-order valence-electron chi connectivity index (χ2n) is 5.95. The summed E-state index contributed by atoms with van der Waals surface area (Å²) in [6.07, 6.45) is 6.48. The second kappa shape index (κ2) is 7.80. The van der Waals surface area contributed by atoms with Gasteiger partial charge in [-0.05, 0) is 17.8 Å². The van der Waals surface area contributed by atoms with Gasteiger partial charge in [0.2, 0.25) is 5.78 Å². The largest absolute Gasteiger partial charge is 0.423 e. The van der Waals surface area contributed by atoms with Crippen LogP contribution in [0.5, 0.6) is 0 Å². The maximum atomic E-state index is 12.9. The van der Waals surface area contributed by atoms with Crippen LogP contribution < -0.4 is 5.32 Å². The monoisotopic (exact) mass is 349 g/mol. The molecule has 3 rings (SSSR count). The second-order valence-corrected chi connectivity index (χ2v) is 5.95. The van der Waals surface area contributed by atoms with E-state index in [4.69, 9.17) is 4.74 Å². The lowest BCUT2D eigenvalue weighted by Crippen LogP contribution is -2.49. The molecule has 1 aliphatic rings. The zero-order valence-corrected chi connectivity index (χ0v) is 14.0. The summed E-state index contributed by atoms with van der Waals surface area (Å²) in [5, 5.41) is 13.8. The third kappa shape index (κ3) is 4.07. The molecule has 0 radical (unpaired) electrons. The zero-order valence-electron chi connectivity index (χ0n) is 14.0. The number of rotatable bonds is 6. The molecule has 132 valence electrons. The number of carbonyl (C=O) groups is 2. The fraction of sp³-hybridized carbons (Fsp3) is 0.143. The van der Waals surface area contributed by atoms with Crippen molar-refractivity contribution >= 4 is 11.8 Å². The minimum atomic E-state index is -2.30. The molecule has 1 heterocycles. The molecule has 0 saturated heterocycles. The van der Waals surface area contributed by atoms with E-state index in [1.165, 1.54) is 0 Å². The lowest BCUT2D eigenvalue weighted by molar-refractivity contribution is -0.190. The summed E-state index contributed by atoms with van der Waals surface area (Å²) in [4.78, 5) is 25.4. The number of Topliss-reactive ketones (excluding diaryl/α,β-unsaturated/α-hetero) is 1. The number of allylic oxidation sites excluding steroid dienone is 2. The van der Waals surface area contributed by atoms with Crippen LogP contribution in [0.4, 0.5) is 0 Å². The fourth-order valence-electron chi connectivity index (χ4n) is 2.67. The number of esters is 1. The van der Waals surface area contributed by atoms with Crippen LogP contribution in [0.15, 0.2) is 85.1 Å². The average Bonchev–Trinajstić information content (AvgIpc) is 2.69. The van der Waals surface area contributed by atoms with E-state index >= 15 is 0 Å². The van der Waals surface area contributed by atoms with Gasteiger partial charge in [-0.15, -0.1) is 0 Å². The predicted octanol–water partition coefficient (Wildman–Crippen LogP) is 2.39. The van der Waals surface area contributed by atoms with Crippen LogP contribution in [0.2, 0.25) is 0 Å². The van der Waals surface area contributed by atoms with Gasteiger partial charge < -0.3 is 15.2 Å². The molecule has 1 aliphatic heterocycles. The van der Waals surface area contributed by atoms with E-state index in [1.54, 1.807) is 79.0 Å². The molecule has 2 aromatic carbocycles. The van der Waals surface area contributed by atoms with Crippen molar-refractivity contribution in [3.63, 3.8) is 0 Å². The van der Waals surface area contributed by atoms with Crippen LogP contribution in [-0.2, 0) is 16.0 Å². The Bertz CT molecular complexity index is 830. The summed E-state index contributed by atoms with van der Waals surface area (Å²) in [6, 6.07) is 16.5. The van der Waals surface area contributed by atoms with Crippen LogP contribution in [0, 0.1) is 0 Å². The maximum Gasteiger partial charge on any atom is 0.335 e. The number of ketones is 1. The number of hydrogen-bond donors (Lipinski definition) is 2. The van der Waals surface area contributed by atoms with Crippen LogP contribution in [0.25, 0.3) is 0 Å². The first-order valence-corrected chi connectivity index (χ1v) is 8.27. The number of aliphatic hydroxyl groups is 1. The summed E-state index contributed by atoms with van der Waals surface area (Å²) < 4.78 is 5.32. The molecule has 5 nitrogen and oxygen atoms in total. The van der Waals surface area contributed by atoms with Gasteiger partial charge in [0.15, 0.2) is 0 Å². The Labute approximate surface area is 151 Å². The van der Waals surface area contributed by atoms with Gasteiger partial charge in [-0.2, -0.15) is 0 Å². The van der Waals surface area contributed by atoms with Crippen molar-refractivity contribution in [2.45, 2.75) is 18.2 Å². The van der Waals surface area contributed by atoms with E-state index in [9.17, 15) is 14.7 Å². The Hall–Kier alpha value is -3.18. The van der Waals surface area contributed by atoms with Gasteiger partial charge >= 0.3 is 5.97 Å². The first-order valence-electron chi connectivity index (χ1n) is 8.27. The highest BCUT2D eigenvalue weighted by Crippen LogP contribution is 2.22. The predicted molar refractivity (Wildman–Crippen MR) is 97.2 cm³/mol. The van der Waals surface area contributed by atoms with Gasteiger partial charge in [0, 0.05) is 12.0 Å². The Kier molecular flexibility index (Phi) is 5.29. The van der Waals surface area contributed by atoms with Crippen molar-refractivity contribution in [2.24, 2.45) is 0 Å². The summed E-state index contributed by atoms with van der Waals surface area (Å²) >= 11 is 0. The van der Waals surface area contributed by atoms with Crippen molar-refractivity contribution < 1.29 is 19.4 Å². The molecule has 0 aromatic heterocycles. The lowest BCUT2D eigenvalue weighted by Gasteiger charge is -2.28. The molecule has 0 bridgehead atoms. The van der Waals surface area contributed by atoms with Crippen LogP contribution in [-0.4, -0.2) is 28.7 Å². The quantitative estimate of drug-likeness (QED) is 0.476. The van der Waals surface area contributed by atoms with Crippen LogP contribution in [0.3, 0.4) is 0 Å². The van der Waals surface area contributed by atoms with Crippen molar-refractivity contribution in [1.82, 2.24) is 5.32 Å². The molecule has 26 heavy (non-hydrogen) atoms. The minimum absolute atomic E-state index is 0.139. The SMILES string of the molecule is O=C(O[C@](O)(Cc1ccccc1)C(=O)c1ccccc1)[C@H]1C=CC=CN1. The Balaban J connectivity index is 1.87. The van der Waals surface area contributed by atoms with E-state index in [0.717, 1.165) is 0 Å². The third-order valence-electron chi connectivity index (χ3n) is 3.99. The van der Waals surface area contributed by atoms with Crippen molar-refractivity contribution in [1.29, 1.82) is 0 Å². The van der Waals surface area contributed by atoms with E-state index in [2.05, 4.69) is 5.32 Å². The topological polar surface area (TPSA) is 75.6 Å². The molecule has 2 N–H and O–H groups in total. The highest BCUT2D eigenvalue weighted by atomic mass is 16.7. The first kappa shape index (κ1) is 17.6. The van der Waals surface area contributed by atoms with Gasteiger partial charge in [0.25, 0.3) is 5.79 Å². The Morgan fingerprint density at radius 3 is 2.27 bits per heavy atom. The van der Waals surface area contributed by atoms with E-state index in [-0.39, 0.29) is 12.0 Å². The normalized spacial score (nSPS) is 17.8. The van der Waals surface area contributed by atoms with E-state index in [0.29, 0.717) is 5.56 Å². The lowest BCUT2D eigenvalue weighted by atomic mass is 9.96. The summed E-state index contributed by atoms with van der Waals surface area (Å²) in [6.45, 7) is 0. The number of carbonyl (C=O) groups excluding carboxylic acids is 2. The molecule has 5 heteroatoms. The fourth-order valence-corrected chi connectivity index (χ4v) is 2.67. The van der Waals surface area contributed by atoms with Gasteiger partial charge in [0.05, 0.1) is 0 Å². The Morgan fingerprint density at radius 1 is 1.00 bits per heavy atom. The van der Waals surface area contributed by atoms with Gasteiger partial charge in [0.1, 0.15) is 6.04 Å². The molecule has 2 aromatic rings. The van der Waals surface area contributed by atoms with Crippen molar-refractivity contribution in [3.05, 3.63) is 96.2 Å². The molecule has 0 unspecified atom stereocenters. The number of ether oxygens (including phenoxy) is 1. The molecule has 0 aliphatic carbocycles. The van der Waals surface area contributed by atoms with E-state index < -0.39 is 23.6 Å². The highest BCUT2D eigenvalue weighted by molar-refractivity contribution is 6.02. The maximum absolute atomic E-state index is 12.9. The first-order chi connectivity index (χ1) is 12.6. The number of dihydropyridines is 1. The van der Waals surface area contributed by atoms with Crippen LogP contribution >= 0.6 is 0 Å². The molecule has 0 amide bonds. The van der Waals surface area contributed by atoms with Crippen LogP contribution in [0.1, 0.15) is 15.9 Å². The van der Waals surface area contributed by atoms with Crippen molar-refractivity contribution in [2.75, 3.05) is 0 Å². The zero-order chi connectivity index (χ0) is 18.4. The van der Waals surface area contributed by atoms with Gasteiger partial charge in [-0.25, -0.2) is 4.79 Å². The van der Waals surface area contributed by atoms with Gasteiger partial charge in [-0.1, -0.05) is 72.8 Å². The standard InChI is InChI=1S/C21H19NO4/c23-19(17-11-5-2-6-12-17)21(25,15-16-9-3-1-4-10-16)26-20(24)18-13-7-8-14-22-18/h1-14,18,22,25H,15H2/t18-,21-/m1/s1. The highest BCUT2D eigenvalue weighted by Gasteiger charge is 2.42. The molecular weight excluding hydrogens is 330 g/mol. The number of benzene rings is 2. The molecule has 0 spiro atoms.